The van der Waals surface area contributed by atoms with Crippen molar-refractivity contribution in [2.45, 2.75) is 20.1 Å². The number of carbonyl (C=O) groups excluding carboxylic acids is 2. The summed E-state index contributed by atoms with van der Waals surface area (Å²) in [6, 6.07) is 20.8. The van der Waals surface area contributed by atoms with Crippen LogP contribution in [-0.4, -0.2) is 16.0 Å². The quantitative estimate of drug-likeness (QED) is 0.317. The highest BCUT2D eigenvalue weighted by molar-refractivity contribution is 9.10. The van der Waals surface area contributed by atoms with E-state index in [1.54, 1.807) is 6.08 Å². The van der Waals surface area contributed by atoms with Crippen molar-refractivity contribution < 1.29 is 14.3 Å². The number of hydrogen-bond acceptors (Lipinski definition) is 4. The Kier molecular flexibility index (Phi) is 7.04. The summed E-state index contributed by atoms with van der Waals surface area (Å²) < 4.78 is 6.62. The third-order valence-electron chi connectivity index (χ3n) is 5.06. The van der Waals surface area contributed by atoms with Gasteiger partial charge in [-0.05, 0) is 75.6 Å². The van der Waals surface area contributed by atoms with E-state index in [4.69, 9.17) is 16.3 Å². The molecule has 0 atom stereocenters. The lowest BCUT2D eigenvalue weighted by Crippen LogP contribution is -2.27. The summed E-state index contributed by atoms with van der Waals surface area (Å²) in [5.74, 6) is 0.383. The smallest absolute Gasteiger partial charge is 0.293 e. The van der Waals surface area contributed by atoms with E-state index < -0.39 is 0 Å². The van der Waals surface area contributed by atoms with E-state index in [-0.39, 0.29) is 17.7 Å². The van der Waals surface area contributed by atoms with Gasteiger partial charge in [0.2, 0.25) is 0 Å². The number of imide groups is 1. The summed E-state index contributed by atoms with van der Waals surface area (Å²) in [5.41, 5.74) is 3.70. The highest BCUT2D eigenvalue weighted by Crippen LogP contribution is 2.35. The average Bonchev–Trinajstić information content (AvgIpc) is 3.03. The first kappa shape index (κ1) is 22.6. The minimum Gasteiger partial charge on any atom is -0.488 e. The number of carbonyl (C=O) groups is 2. The highest BCUT2D eigenvalue weighted by Gasteiger charge is 2.35. The van der Waals surface area contributed by atoms with E-state index >= 15 is 0 Å². The summed E-state index contributed by atoms with van der Waals surface area (Å²) >= 11 is 10.7. The molecule has 162 valence electrons. The predicted octanol–water partition coefficient (Wildman–Crippen LogP) is 7.23. The monoisotopic (exact) mass is 527 g/mol. The summed E-state index contributed by atoms with van der Waals surface area (Å²) in [6.45, 7) is 2.58. The second kappa shape index (κ2) is 9.94. The lowest BCUT2D eigenvalue weighted by molar-refractivity contribution is -0.123. The number of hydrogen-bond donors (Lipinski definition) is 0. The second-order valence-electron chi connectivity index (χ2n) is 7.26. The molecule has 0 radical (unpaired) electrons. The first-order chi connectivity index (χ1) is 15.4. The molecule has 1 aliphatic rings. The number of amides is 2. The van der Waals surface area contributed by atoms with Crippen molar-refractivity contribution in [1.82, 2.24) is 4.90 Å². The highest BCUT2D eigenvalue weighted by atomic mass is 79.9. The largest absolute Gasteiger partial charge is 0.488 e. The summed E-state index contributed by atoms with van der Waals surface area (Å²) in [6.07, 6.45) is 1.73. The first-order valence-corrected chi connectivity index (χ1v) is 11.9. The van der Waals surface area contributed by atoms with Gasteiger partial charge in [-0.25, -0.2) is 0 Å². The second-order valence-corrected chi connectivity index (χ2v) is 9.52. The predicted molar refractivity (Wildman–Crippen MR) is 133 cm³/mol. The zero-order chi connectivity index (χ0) is 22.7. The van der Waals surface area contributed by atoms with Gasteiger partial charge in [-0.15, -0.1) is 0 Å². The molecule has 1 saturated heterocycles. The molecule has 4 nitrogen and oxygen atoms in total. The molecule has 0 aliphatic carbocycles. The molecule has 0 bridgehead atoms. The molecular formula is C25H19BrClNO3S. The molecule has 0 saturated carbocycles. The maximum atomic E-state index is 12.8. The van der Waals surface area contributed by atoms with Gasteiger partial charge in [-0.3, -0.25) is 14.5 Å². The maximum Gasteiger partial charge on any atom is 0.293 e. The van der Waals surface area contributed by atoms with Crippen LogP contribution in [0.4, 0.5) is 4.79 Å². The molecule has 1 fully saturated rings. The van der Waals surface area contributed by atoms with Crippen molar-refractivity contribution in [3.8, 4) is 5.75 Å². The number of aryl methyl sites for hydroxylation is 1. The number of benzene rings is 3. The molecule has 0 unspecified atom stereocenters. The van der Waals surface area contributed by atoms with Crippen LogP contribution >= 0.6 is 39.3 Å². The number of rotatable bonds is 6. The third-order valence-corrected chi connectivity index (χ3v) is 6.95. The van der Waals surface area contributed by atoms with Crippen molar-refractivity contribution in [2.24, 2.45) is 0 Å². The van der Waals surface area contributed by atoms with E-state index in [9.17, 15) is 9.59 Å². The van der Waals surface area contributed by atoms with Crippen LogP contribution < -0.4 is 4.74 Å². The van der Waals surface area contributed by atoms with Gasteiger partial charge in [0, 0.05) is 10.6 Å². The Morgan fingerprint density at radius 2 is 1.75 bits per heavy atom. The number of nitrogens with zero attached hydrogens (tertiary/aromatic N) is 1. The third kappa shape index (κ3) is 5.09. The lowest BCUT2D eigenvalue weighted by atomic mass is 10.1. The van der Waals surface area contributed by atoms with Crippen LogP contribution in [-0.2, 0) is 17.9 Å². The molecule has 3 aromatic carbocycles. The van der Waals surface area contributed by atoms with Gasteiger partial charge < -0.3 is 4.74 Å². The van der Waals surface area contributed by atoms with Crippen LogP contribution in [0.3, 0.4) is 0 Å². The first-order valence-electron chi connectivity index (χ1n) is 9.88. The average molecular weight is 529 g/mol. The van der Waals surface area contributed by atoms with E-state index in [2.05, 4.69) is 15.9 Å². The fourth-order valence-corrected chi connectivity index (χ4v) is 4.78. The number of thioether (sulfide) groups is 1. The lowest BCUT2D eigenvalue weighted by Gasteiger charge is -2.14. The molecule has 0 spiro atoms. The van der Waals surface area contributed by atoms with E-state index in [1.807, 2.05) is 73.7 Å². The molecule has 32 heavy (non-hydrogen) atoms. The van der Waals surface area contributed by atoms with E-state index in [0.29, 0.717) is 22.3 Å². The van der Waals surface area contributed by atoms with Crippen molar-refractivity contribution in [3.63, 3.8) is 0 Å². The molecule has 3 aromatic rings. The summed E-state index contributed by atoms with van der Waals surface area (Å²) in [7, 11) is 0. The molecule has 1 heterocycles. The Morgan fingerprint density at radius 1 is 1.03 bits per heavy atom. The maximum absolute atomic E-state index is 12.8. The minimum absolute atomic E-state index is 0.261. The summed E-state index contributed by atoms with van der Waals surface area (Å²) in [5, 5.41) is 0.393. The van der Waals surface area contributed by atoms with Crippen molar-refractivity contribution in [2.75, 3.05) is 0 Å². The molecule has 0 aromatic heterocycles. The van der Waals surface area contributed by atoms with Crippen LogP contribution in [0.15, 0.2) is 76.1 Å². The molecule has 7 heteroatoms. The van der Waals surface area contributed by atoms with Gasteiger partial charge in [0.15, 0.2) is 0 Å². The standard InChI is InChI=1S/C25H19BrClNO3S/c1-16-6-2-3-7-18(16)14-28-24(29)23(32-25(28)30)13-17-10-11-22(20(26)12-17)31-15-19-8-4-5-9-21(19)27/h2-13H,14-15H2,1H3/b23-13-. The Balaban J connectivity index is 1.47. The van der Waals surface area contributed by atoms with Crippen LogP contribution in [0.5, 0.6) is 5.75 Å². The van der Waals surface area contributed by atoms with E-state index in [1.165, 1.54) is 4.90 Å². The molecule has 1 aliphatic heterocycles. The van der Waals surface area contributed by atoms with Crippen LogP contribution in [0.25, 0.3) is 6.08 Å². The van der Waals surface area contributed by atoms with Crippen LogP contribution in [0, 0.1) is 6.92 Å². The number of halogens is 2. The van der Waals surface area contributed by atoms with Crippen molar-refractivity contribution >= 4 is 56.5 Å². The van der Waals surface area contributed by atoms with Gasteiger partial charge in [0.25, 0.3) is 11.1 Å². The van der Waals surface area contributed by atoms with Gasteiger partial charge in [-0.2, -0.15) is 0 Å². The Morgan fingerprint density at radius 3 is 2.47 bits per heavy atom. The normalized spacial score (nSPS) is 15.0. The van der Waals surface area contributed by atoms with Crippen LogP contribution in [0.2, 0.25) is 5.02 Å². The van der Waals surface area contributed by atoms with Crippen molar-refractivity contribution in [3.05, 3.63) is 103 Å². The number of ether oxygens (including phenoxy) is 1. The SMILES string of the molecule is Cc1ccccc1CN1C(=O)S/C(=C\c2ccc(OCc3ccccc3Cl)c(Br)c2)C1=O. The zero-order valence-electron chi connectivity index (χ0n) is 17.2. The summed E-state index contributed by atoms with van der Waals surface area (Å²) in [4.78, 5) is 27.0. The molecule has 2 amide bonds. The Labute approximate surface area is 204 Å². The molecule has 0 N–H and O–H groups in total. The fourth-order valence-electron chi connectivity index (χ4n) is 3.24. The molecular weight excluding hydrogens is 510 g/mol. The molecule has 4 rings (SSSR count). The van der Waals surface area contributed by atoms with E-state index in [0.717, 1.165) is 38.5 Å². The van der Waals surface area contributed by atoms with Gasteiger partial charge >= 0.3 is 0 Å². The topological polar surface area (TPSA) is 46.6 Å². The Hall–Kier alpha value is -2.54. The van der Waals surface area contributed by atoms with Gasteiger partial charge in [-0.1, -0.05) is 60.1 Å². The van der Waals surface area contributed by atoms with Crippen molar-refractivity contribution in [1.29, 1.82) is 0 Å². The fraction of sp³-hybridized carbons (Fsp3) is 0.120. The Bertz CT molecular complexity index is 1230. The van der Waals surface area contributed by atoms with Gasteiger partial charge in [0.05, 0.1) is 15.9 Å². The van der Waals surface area contributed by atoms with Gasteiger partial charge in [0.1, 0.15) is 12.4 Å². The zero-order valence-corrected chi connectivity index (χ0v) is 20.3. The van der Waals surface area contributed by atoms with Crippen LogP contribution in [0.1, 0.15) is 22.3 Å². The minimum atomic E-state index is -0.279.